The third-order valence-corrected chi connectivity index (χ3v) is 8.35. The highest BCUT2D eigenvalue weighted by molar-refractivity contribution is 7.92. The van der Waals surface area contributed by atoms with Crippen LogP contribution < -0.4 is 9.62 Å². The number of amides is 2. The Kier molecular flexibility index (Phi) is 9.84. The predicted molar refractivity (Wildman–Crippen MR) is 148 cm³/mol. The molecule has 0 spiro atoms. The number of carbonyl (C=O) groups excluding carboxylic acids is 2. The molecule has 0 aliphatic heterocycles. The third-order valence-electron chi connectivity index (χ3n) is 5.71. The molecule has 3 aromatic rings. The Hall–Kier alpha value is -2.78. The minimum absolute atomic E-state index is 0.00874. The maximum atomic E-state index is 13.8. The fourth-order valence-corrected chi connectivity index (χ4v) is 5.70. The van der Waals surface area contributed by atoms with E-state index in [1.807, 2.05) is 0 Å². The molecule has 0 unspecified atom stereocenters. The average molecular weight is 583 g/mol. The molecule has 2 amide bonds. The molecule has 0 fully saturated rings. The molecule has 3 rings (SSSR count). The summed E-state index contributed by atoms with van der Waals surface area (Å²) in [6.45, 7) is 1.20. The summed E-state index contributed by atoms with van der Waals surface area (Å²) in [4.78, 5) is 27.8. The van der Waals surface area contributed by atoms with E-state index in [2.05, 4.69) is 5.32 Å². The summed E-state index contributed by atoms with van der Waals surface area (Å²) in [5, 5.41) is 3.67. The first-order chi connectivity index (χ1) is 17.6. The maximum Gasteiger partial charge on any atom is 0.264 e. The van der Waals surface area contributed by atoms with E-state index in [1.54, 1.807) is 49.4 Å². The number of nitrogens with one attached hydrogen (secondary N) is 1. The van der Waals surface area contributed by atoms with Crippen LogP contribution in [0.15, 0.2) is 77.7 Å². The minimum atomic E-state index is -4.21. The van der Waals surface area contributed by atoms with Gasteiger partial charge in [0.25, 0.3) is 10.0 Å². The van der Waals surface area contributed by atoms with Crippen molar-refractivity contribution in [3.63, 3.8) is 0 Å². The number of carbonyl (C=O) groups is 2. The van der Waals surface area contributed by atoms with Gasteiger partial charge in [-0.25, -0.2) is 8.42 Å². The molecule has 196 valence electrons. The summed E-state index contributed by atoms with van der Waals surface area (Å²) in [5.41, 5.74) is 0.816. The Morgan fingerprint density at radius 2 is 1.59 bits per heavy atom. The second-order valence-corrected chi connectivity index (χ2v) is 11.2. The average Bonchev–Trinajstić information content (AvgIpc) is 2.88. The second kappa shape index (κ2) is 12.6. The largest absolute Gasteiger partial charge is 0.357 e. The number of rotatable bonds is 10. The van der Waals surface area contributed by atoms with Crippen LogP contribution in [0.3, 0.4) is 0 Å². The van der Waals surface area contributed by atoms with Crippen LogP contribution >= 0.6 is 34.8 Å². The number of nitrogens with zero attached hydrogens (tertiary/aromatic N) is 2. The quantitative estimate of drug-likeness (QED) is 0.347. The Morgan fingerprint density at radius 3 is 2.19 bits per heavy atom. The number of hydrogen-bond donors (Lipinski definition) is 1. The number of hydrogen-bond acceptors (Lipinski definition) is 4. The van der Waals surface area contributed by atoms with Gasteiger partial charge in [0.05, 0.1) is 10.6 Å². The molecule has 1 atom stereocenters. The van der Waals surface area contributed by atoms with Crippen LogP contribution in [-0.4, -0.2) is 44.8 Å². The van der Waals surface area contributed by atoms with Gasteiger partial charge in [-0.15, -0.1) is 0 Å². The first-order valence-corrected chi connectivity index (χ1v) is 13.9. The van der Waals surface area contributed by atoms with E-state index < -0.39 is 28.5 Å². The summed E-state index contributed by atoms with van der Waals surface area (Å²) < 4.78 is 28.4. The Morgan fingerprint density at radius 1 is 0.919 bits per heavy atom. The van der Waals surface area contributed by atoms with Crippen LogP contribution in [0, 0.1) is 0 Å². The third kappa shape index (κ3) is 6.96. The van der Waals surface area contributed by atoms with Gasteiger partial charge < -0.3 is 10.2 Å². The van der Waals surface area contributed by atoms with Crippen LogP contribution in [0.4, 0.5) is 5.69 Å². The molecule has 3 aromatic carbocycles. The molecule has 0 aliphatic carbocycles. The van der Waals surface area contributed by atoms with E-state index in [-0.39, 0.29) is 23.0 Å². The number of anilines is 1. The van der Waals surface area contributed by atoms with Gasteiger partial charge >= 0.3 is 0 Å². The fourth-order valence-electron chi connectivity index (χ4n) is 3.79. The highest BCUT2D eigenvalue weighted by Gasteiger charge is 2.33. The van der Waals surface area contributed by atoms with Gasteiger partial charge in [0.15, 0.2) is 0 Å². The lowest BCUT2D eigenvalue weighted by Gasteiger charge is -2.33. The van der Waals surface area contributed by atoms with Crippen molar-refractivity contribution in [2.75, 3.05) is 17.9 Å². The van der Waals surface area contributed by atoms with Crippen molar-refractivity contribution in [2.24, 2.45) is 0 Å². The Balaban J connectivity index is 2.07. The number of sulfonamides is 1. The standard InChI is InChI=1S/C26H26Cl3N3O4S/c1-3-24(26(34)30-2)31(16-18-7-4-5-10-23(18)29)25(33)17-32(21-9-6-8-20(28)15-21)37(35,36)22-13-11-19(27)12-14-22/h4-15,24H,3,16-17H2,1-2H3,(H,30,34)/t24-/m0/s1. The summed E-state index contributed by atoms with van der Waals surface area (Å²) in [6.07, 6.45) is 0.303. The van der Waals surface area contributed by atoms with Crippen molar-refractivity contribution in [3.05, 3.63) is 93.4 Å². The molecule has 0 saturated heterocycles. The van der Waals surface area contributed by atoms with Gasteiger partial charge in [-0.2, -0.15) is 0 Å². The Bertz CT molecular complexity index is 1370. The first kappa shape index (κ1) is 28.8. The highest BCUT2D eigenvalue weighted by Crippen LogP contribution is 2.28. The van der Waals surface area contributed by atoms with E-state index >= 15 is 0 Å². The zero-order chi connectivity index (χ0) is 27.2. The van der Waals surface area contributed by atoms with Gasteiger partial charge in [-0.3, -0.25) is 13.9 Å². The number of likely N-dealkylation sites (N-methyl/N-ethyl adjacent to an activating group) is 1. The maximum absolute atomic E-state index is 13.8. The van der Waals surface area contributed by atoms with Crippen LogP contribution in [-0.2, 0) is 26.2 Å². The molecular formula is C26H26Cl3N3O4S. The molecule has 0 heterocycles. The van der Waals surface area contributed by atoms with Crippen molar-refractivity contribution < 1.29 is 18.0 Å². The van der Waals surface area contributed by atoms with E-state index in [4.69, 9.17) is 34.8 Å². The zero-order valence-corrected chi connectivity index (χ0v) is 23.3. The number of benzene rings is 3. The summed E-state index contributed by atoms with van der Waals surface area (Å²) in [7, 11) is -2.73. The second-order valence-electron chi connectivity index (χ2n) is 8.10. The normalized spacial score (nSPS) is 12.0. The molecule has 0 aliphatic rings. The summed E-state index contributed by atoms with van der Waals surface area (Å²) >= 11 is 18.5. The molecule has 0 saturated carbocycles. The molecule has 0 bridgehead atoms. The molecule has 7 nitrogen and oxygen atoms in total. The molecule has 0 aromatic heterocycles. The minimum Gasteiger partial charge on any atom is -0.357 e. The van der Waals surface area contributed by atoms with Gasteiger partial charge in [0.1, 0.15) is 12.6 Å². The van der Waals surface area contributed by atoms with E-state index in [0.29, 0.717) is 27.1 Å². The van der Waals surface area contributed by atoms with Gasteiger partial charge in [-0.05, 0) is 60.5 Å². The lowest BCUT2D eigenvalue weighted by molar-refractivity contribution is -0.140. The van der Waals surface area contributed by atoms with Crippen LogP contribution in [0.2, 0.25) is 15.1 Å². The van der Waals surface area contributed by atoms with Crippen LogP contribution in [0.1, 0.15) is 18.9 Å². The zero-order valence-electron chi connectivity index (χ0n) is 20.2. The molecular weight excluding hydrogens is 557 g/mol. The van der Waals surface area contributed by atoms with Gasteiger partial charge in [-0.1, -0.05) is 66.0 Å². The van der Waals surface area contributed by atoms with E-state index in [0.717, 1.165) is 4.31 Å². The van der Waals surface area contributed by atoms with Gasteiger partial charge in [0, 0.05) is 28.7 Å². The smallest absolute Gasteiger partial charge is 0.264 e. The van der Waals surface area contributed by atoms with Crippen molar-refractivity contribution in [1.29, 1.82) is 0 Å². The molecule has 0 radical (unpaired) electrons. The van der Waals surface area contributed by atoms with E-state index in [9.17, 15) is 18.0 Å². The molecule has 11 heteroatoms. The number of halogens is 3. The molecule has 37 heavy (non-hydrogen) atoms. The van der Waals surface area contributed by atoms with E-state index in [1.165, 1.54) is 42.3 Å². The summed E-state index contributed by atoms with van der Waals surface area (Å²) in [5.74, 6) is -0.967. The van der Waals surface area contributed by atoms with Crippen molar-refractivity contribution in [1.82, 2.24) is 10.2 Å². The fraction of sp³-hybridized carbons (Fsp3) is 0.231. The topological polar surface area (TPSA) is 86.8 Å². The highest BCUT2D eigenvalue weighted by atomic mass is 35.5. The summed E-state index contributed by atoms with van der Waals surface area (Å²) in [6, 6.07) is 17.9. The lowest BCUT2D eigenvalue weighted by atomic mass is 10.1. The SMILES string of the molecule is CC[C@@H](C(=O)NC)N(Cc1ccccc1Cl)C(=O)CN(c1cccc(Cl)c1)S(=O)(=O)c1ccc(Cl)cc1. The monoisotopic (exact) mass is 581 g/mol. The Labute approximate surface area is 232 Å². The van der Waals surface area contributed by atoms with Crippen molar-refractivity contribution >= 4 is 62.3 Å². The van der Waals surface area contributed by atoms with Crippen molar-refractivity contribution in [2.45, 2.75) is 30.8 Å². The van der Waals surface area contributed by atoms with Crippen LogP contribution in [0.25, 0.3) is 0 Å². The lowest BCUT2D eigenvalue weighted by Crippen LogP contribution is -2.51. The molecule has 1 N–H and O–H groups in total. The predicted octanol–water partition coefficient (Wildman–Crippen LogP) is 5.40. The van der Waals surface area contributed by atoms with Crippen LogP contribution in [0.5, 0.6) is 0 Å². The van der Waals surface area contributed by atoms with Crippen molar-refractivity contribution in [3.8, 4) is 0 Å². The first-order valence-electron chi connectivity index (χ1n) is 11.4. The van der Waals surface area contributed by atoms with Gasteiger partial charge in [0.2, 0.25) is 11.8 Å².